The number of halogens is 1. The summed E-state index contributed by atoms with van der Waals surface area (Å²) in [5, 5.41) is 5.61. The molecule has 2 amide bonds. The highest BCUT2D eigenvalue weighted by atomic mass is 19.1. The smallest absolute Gasteiger partial charge is 0.274 e. The second-order valence-electron chi connectivity index (χ2n) is 5.39. The molecule has 132 valence electrons. The zero-order chi connectivity index (χ0) is 18.2. The van der Waals surface area contributed by atoms with E-state index < -0.39 is 5.91 Å². The number of rotatable bonds is 7. The summed E-state index contributed by atoms with van der Waals surface area (Å²) in [6.07, 6.45) is 2.73. The van der Waals surface area contributed by atoms with Crippen LogP contribution in [0.25, 0.3) is 0 Å². The molecule has 1 heterocycles. The predicted molar refractivity (Wildman–Crippen MR) is 90.5 cm³/mol. The molecule has 1 aromatic carbocycles. The number of likely N-dealkylation sites (N-methyl/N-ethyl adjacent to an activating group) is 2. The number of carbonyl (C=O) groups excluding carboxylic acids is 2. The van der Waals surface area contributed by atoms with Gasteiger partial charge in [-0.3, -0.25) is 9.59 Å². The van der Waals surface area contributed by atoms with Gasteiger partial charge in [0.2, 0.25) is 0 Å². The van der Waals surface area contributed by atoms with Crippen LogP contribution in [-0.2, 0) is 6.54 Å². The molecule has 8 heteroatoms. The number of benzene rings is 1. The second kappa shape index (κ2) is 8.84. The number of nitrogens with zero attached hydrogens (tertiary/aromatic N) is 3. The Bertz CT molecular complexity index is 736. The van der Waals surface area contributed by atoms with Gasteiger partial charge in [0.25, 0.3) is 11.8 Å². The minimum Gasteiger partial charge on any atom is -0.347 e. The fourth-order valence-corrected chi connectivity index (χ4v) is 2.09. The lowest BCUT2D eigenvalue weighted by molar-refractivity contribution is 0.0781. The summed E-state index contributed by atoms with van der Waals surface area (Å²) < 4.78 is 12.9. The highest BCUT2D eigenvalue weighted by Crippen LogP contribution is 2.07. The van der Waals surface area contributed by atoms with Gasteiger partial charge in [-0.15, -0.1) is 0 Å². The molecule has 2 aromatic rings. The first-order valence-corrected chi connectivity index (χ1v) is 7.76. The Morgan fingerprint density at radius 2 is 1.76 bits per heavy atom. The zero-order valence-corrected chi connectivity index (χ0v) is 14.1. The molecule has 0 radical (unpaired) electrons. The van der Waals surface area contributed by atoms with Crippen LogP contribution < -0.4 is 10.6 Å². The maximum Gasteiger partial charge on any atom is 0.274 e. The van der Waals surface area contributed by atoms with Crippen molar-refractivity contribution in [1.29, 1.82) is 0 Å². The summed E-state index contributed by atoms with van der Waals surface area (Å²) in [7, 11) is 3.42. The lowest BCUT2D eigenvalue weighted by atomic mass is 10.2. The summed E-state index contributed by atoms with van der Waals surface area (Å²) in [6, 6.07) is 5.78. The molecular formula is C17H20FN5O2. The van der Waals surface area contributed by atoms with Gasteiger partial charge in [-0.25, -0.2) is 14.4 Å². The predicted octanol–water partition coefficient (Wildman–Crippen LogP) is 0.837. The Morgan fingerprint density at radius 1 is 1.12 bits per heavy atom. The molecule has 0 aliphatic heterocycles. The number of aromatic nitrogens is 2. The molecule has 0 saturated carbocycles. The first kappa shape index (κ1) is 18.5. The molecule has 0 aliphatic rings. The summed E-state index contributed by atoms with van der Waals surface area (Å²) in [5.74, 6) is -1.24. The van der Waals surface area contributed by atoms with Crippen LogP contribution in [0, 0.1) is 5.82 Å². The number of hydrogen-bond donors (Lipinski definition) is 2. The maximum atomic E-state index is 12.9. The third-order valence-electron chi connectivity index (χ3n) is 3.53. The van der Waals surface area contributed by atoms with Gasteiger partial charge >= 0.3 is 0 Å². The topological polar surface area (TPSA) is 87.2 Å². The summed E-state index contributed by atoms with van der Waals surface area (Å²) in [6.45, 7) is 1.29. The van der Waals surface area contributed by atoms with Gasteiger partial charge in [-0.05, 0) is 24.7 Å². The van der Waals surface area contributed by atoms with Gasteiger partial charge in [0.1, 0.15) is 5.82 Å². The number of amides is 2. The van der Waals surface area contributed by atoms with Gasteiger partial charge < -0.3 is 15.5 Å². The van der Waals surface area contributed by atoms with Crippen molar-refractivity contribution in [3.8, 4) is 0 Å². The van der Waals surface area contributed by atoms with Crippen LogP contribution in [0.2, 0.25) is 0 Å². The summed E-state index contributed by atoms with van der Waals surface area (Å²) in [5.41, 5.74) is 0.696. The molecule has 25 heavy (non-hydrogen) atoms. The van der Waals surface area contributed by atoms with Gasteiger partial charge in [-0.1, -0.05) is 12.1 Å². The van der Waals surface area contributed by atoms with Crippen LogP contribution in [-0.4, -0.2) is 53.9 Å². The molecule has 7 nitrogen and oxygen atoms in total. The first-order valence-electron chi connectivity index (χ1n) is 7.76. The SMILES string of the molecule is CNCCN(C)C(=O)c1nccnc1C(=O)NCc1ccc(F)cc1. The Kier molecular flexibility index (Phi) is 6.53. The van der Waals surface area contributed by atoms with Gasteiger partial charge in [0.15, 0.2) is 11.4 Å². The molecule has 0 fully saturated rings. The van der Waals surface area contributed by atoms with Gasteiger partial charge in [0.05, 0.1) is 0 Å². The first-order chi connectivity index (χ1) is 12.0. The van der Waals surface area contributed by atoms with Crippen LogP contribution in [0.1, 0.15) is 26.5 Å². The van der Waals surface area contributed by atoms with Crippen molar-refractivity contribution in [3.05, 3.63) is 59.4 Å². The molecule has 0 aliphatic carbocycles. The molecule has 0 spiro atoms. The standard InChI is InChI=1S/C17H20FN5O2/c1-19-9-10-23(2)17(25)15-14(20-7-8-21-15)16(24)22-11-12-3-5-13(18)6-4-12/h3-8,19H,9-11H2,1-2H3,(H,22,24). The van der Waals surface area contributed by atoms with Crippen molar-refractivity contribution in [1.82, 2.24) is 25.5 Å². The van der Waals surface area contributed by atoms with Crippen LogP contribution in [0.4, 0.5) is 4.39 Å². The minimum absolute atomic E-state index is 0.00212. The highest BCUT2D eigenvalue weighted by molar-refractivity contribution is 6.04. The van der Waals surface area contributed by atoms with Crippen molar-refractivity contribution < 1.29 is 14.0 Å². The van der Waals surface area contributed by atoms with Crippen molar-refractivity contribution >= 4 is 11.8 Å². The Hall–Kier alpha value is -2.87. The third kappa shape index (κ3) is 5.05. The third-order valence-corrected chi connectivity index (χ3v) is 3.53. The normalized spacial score (nSPS) is 10.4. The van der Waals surface area contributed by atoms with E-state index in [1.54, 1.807) is 26.2 Å². The van der Waals surface area contributed by atoms with Crippen molar-refractivity contribution in [2.24, 2.45) is 0 Å². The van der Waals surface area contributed by atoms with E-state index in [9.17, 15) is 14.0 Å². The zero-order valence-electron chi connectivity index (χ0n) is 14.1. The number of carbonyl (C=O) groups is 2. The maximum absolute atomic E-state index is 12.9. The molecular weight excluding hydrogens is 325 g/mol. The van der Waals surface area contributed by atoms with Crippen LogP contribution in [0.5, 0.6) is 0 Å². The molecule has 0 atom stereocenters. The summed E-state index contributed by atoms with van der Waals surface area (Å²) >= 11 is 0. The largest absolute Gasteiger partial charge is 0.347 e. The molecule has 2 rings (SSSR count). The lowest BCUT2D eigenvalue weighted by Gasteiger charge is -2.17. The quantitative estimate of drug-likeness (QED) is 0.776. The Balaban J connectivity index is 2.09. The van der Waals surface area contributed by atoms with Crippen LogP contribution >= 0.6 is 0 Å². The molecule has 0 saturated heterocycles. The van der Waals surface area contributed by atoms with Crippen LogP contribution in [0.15, 0.2) is 36.7 Å². The van der Waals surface area contributed by atoms with Crippen molar-refractivity contribution in [2.45, 2.75) is 6.54 Å². The monoisotopic (exact) mass is 345 g/mol. The van der Waals surface area contributed by atoms with Crippen molar-refractivity contribution in [3.63, 3.8) is 0 Å². The molecule has 1 aromatic heterocycles. The van der Waals surface area contributed by atoms with E-state index in [0.717, 1.165) is 5.56 Å². The molecule has 2 N–H and O–H groups in total. The Labute approximate surface area is 145 Å². The van der Waals surface area contributed by atoms with Crippen LogP contribution in [0.3, 0.4) is 0 Å². The van der Waals surface area contributed by atoms with Gasteiger partial charge in [0, 0.05) is 39.1 Å². The van der Waals surface area contributed by atoms with E-state index in [4.69, 9.17) is 0 Å². The van der Waals surface area contributed by atoms with Crippen molar-refractivity contribution in [2.75, 3.05) is 27.2 Å². The average molecular weight is 345 g/mol. The minimum atomic E-state index is -0.511. The molecule has 0 unspecified atom stereocenters. The molecule has 0 bridgehead atoms. The number of hydrogen-bond acceptors (Lipinski definition) is 5. The summed E-state index contributed by atoms with van der Waals surface area (Å²) in [4.78, 5) is 34.3. The Morgan fingerprint density at radius 3 is 2.40 bits per heavy atom. The van der Waals surface area contributed by atoms with E-state index in [1.165, 1.54) is 29.4 Å². The fraction of sp³-hybridized carbons (Fsp3) is 0.294. The average Bonchev–Trinajstić information content (AvgIpc) is 2.64. The second-order valence-corrected chi connectivity index (χ2v) is 5.39. The van der Waals surface area contributed by atoms with E-state index in [2.05, 4.69) is 20.6 Å². The van der Waals surface area contributed by atoms with E-state index >= 15 is 0 Å². The fourth-order valence-electron chi connectivity index (χ4n) is 2.09. The van der Waals surface area contributed by atoms with E-state index in [1.807, 2.05) is 0 Å². The lowest BCUT2D eigenvalue weighted by Crippen LogP contribution is -2.35. The highest BCUT2D eigenvalue weighted by Gasteiger charge is 2.22. The van der Waals surface area contributed by atoms with E-state index in [0.29, 0.717) is 13.1 Å². The van der Waals surface area contributed by atoms with E-state index in [-0.39, 0.29) is 29.7 Å². The number of nitrogens with one attached hydrogen (secondary N) is 2. The van der Waals surface area contributed by atoms with Gasteiger partial charge in [-0.2, -0.15) is 0 Å².